The Morgan fingerprint density at radius 2 is 1.78 bits per heavy atom. The fourth-order valence-electron chi connectivity index (χ4n) is 3.88. The molecule has 1 aliphatic carbocycles. The maximum atomic E-state index is 12.5. The monoisotopic (exact) mass is 342 g/mol. The van der Waals surface area contributed by atoms with Gasteiger partial charge in [-0.2, -0.15) is 0 Å². The number of Topliss-reactive ketones (excluding diaryl/α,β-unsaturated/α-hetero) is 1. The van der Waals surface area contributed by atoms with E-state index in [4.69, 9.17) is 9.53 Å². The summed E-state index contributed by atoms with van der Waals surface area (Å²) >= 11 is 0. The molecule has 1 rings (SSSR count). The lowest BCUT2D eigenvalue weighted by Gasteiger charge is -2.32. The minimum absolute atomic E-state index is 0.159. The van der Waals surface area contributed by atoms with Crippen molar-refractivity contribution in [3.63, 3.8) is 0 Å². The highest BCUT2D eigenvalue weighted by Gasteiger charge is 2.44. The molecule has 0 aromatic heterocycles. The topological polar surface area (TPSA) is 46.5 Å². The van der Waals surface area contributed by atoms with Gasteiger partial charge in [-0.05, 0) is 44.3 Å². The van der Waals surface area contributed by atoms with E-state index in [1.54, 1.807) is 0 Å². The summed E-state index contributed by atoms with van der Waals surface area (Å²) in [6, 6.07) is 1.20. The van der Waals surface area contributed by atoms with Crippen LogP contribution < -0.4 is 0 Å². The number of carbonyl (C=O) groups is 1. The van der Waals surface area contributed by atoms with Crippen molar-refractivity contribution in [1.82, 2.24) is 0 Å². The van der Waals surface area contributed by atoms with Crippen LogP contribution in [0, 0.1) is 11.8 Å². The second-order valence-corrected chi connectivity index (χ2v) is 12.1. The Labute approximate surface area is 144 Å². The van der Waals surface area contributed by atoms with E-state index < -0.39 is 8.32 Å². The van der Waals surface area contributed by atoms with Crippen molar-refractivity contribution in [3.05, 3.63) is 0 Å². The van der Waals surface area contributed by atoms with Crippen LogP contribution in [0.1, 0.15) is 71.6 Å². The molecular formula is C19H38O3Si. The van der Waals surface area contributed by atoms with E-state index in [0.717, 1.165) is 25.7 Å². The van der Waals surface area contributed by atoms with Gasteiger partial charge in [0, 0.05) is 18.9 Å². The van der Waals surface area contributed by atoms with Crippen molar-refractivity contribution < 1.29 is 14.3 Å². The average Bonchev–Trinajstić information content (AvgIpc) is 2.78. The summed E-state index contributed by atoms with van der Waals surface area (Å²) < 4.78 is 6.59. The molecular weight excluding hydrogens is 304 g/mol. The van der Waals surface area contributed by atoms with Gasteiger partial charge in [0.05, 0.1) is 6.10 Å². The van der Waals surface area contributed by atoms with E-state index in [0.29, 0.717) is 18.1 Å². The molecule has 0 aromatic carbocycles. The van der Waals surface area contributed by atoms with Crippen molar-refractivity contribution >= 4 is 14.1 Å². The summed E-state index contributed by atoms with van der Waals surface area (Å²) in [6.07, 6.45) is 9.42. The quantitative estimate of drug-likeness (QED) is 0.404. The highest BCUT2D eigenvalue weighted by Crippen LogP contribution is 2.39. The Morgan fingerprint density at radius 3 is 2.39 bits per heavy atom. The van der Waals surface area contributed by atoms with Gasteiger partial charge in [0.2, 0.25) is 0 Å². The van der Waals surface area contributed by atoms with E-state index in [9.17, 15) is 4.79 Å². The van der Waals surface area contributed by atoms with Gasteiger partial charge < -0.3 is 9.53 Å². The maximum absolute atomic E-state index is 12.5. The van der Waals surface area contributed by atoms with Crippen LogP contribution in [0.2, 0.25) is 19.1 Å². The molecule has 23 heavy (non-hydrogen) atoms. The zero-order chi connectivity index (χ0) is 17.3. The van der Waals surface area contributed by atoms with E-state index in [2.05, 4.69) is 26.9 Å². The molecule has 136 valence electrons. The summed E-state index contributed by atoms with van der Waals surface area (Å²) in [6.45, 7) is 9.29. The van der Waals surface area contributed by atoms with Gasteiger partial charge in [0.15, 0.2) is 8.32 Å². The van der Waals surface area contributed by atoms with E-state index in [1.165, 1.54) is 31.7 Å². The van der Waals surface area contributed by atoms with Crippen LogP contribution >= 0.6 is 0 Å². The molecule has 1 fully saturated rings. The van der Waals surface area contributed by atoms with Crippen molar-refractivity contribution in [2.24, 2.45) is 11.8 Å². The molecule has 1 aliphatic rings. The molecule has 3 unspecified atom stereocenters. The first kappa shape index (κ1) is 20.9. The number of aliphatic hydroxyl groups is 1. The number of carbonyl (C=O) groups excluding carboxylic acids is 1. The molecule has 0 aliphatic heterocycles. The van der Waals surface area contributed by atoms with Gasteiger partial charge in [0.25, 0.3) is 0 Å². The largest absolute Gasteiger partial charge is 0.414 e. The zero-order valence-corrected chi connectivity index (χ0v) is 16.8. The van der Waals surface area contributed by atoms with Crippen molar-refractivity contribution in [2.45, 2.75) is 96.9 Å². The molecule has 0 amide bonds. The average molecular weight is 343 g/mol. The summed E-state index contributed by atoms with van der Waals surface area (Å²) in [5.41, 5.74) is 0. The van der Waals surface area contributed by atoms with Crippen LogP contribution in [0.25, 0.3) is 0 Å². The zero-order valence-electron chi connectivity index (χ0n) is 15.8. The maximum Gasteiger partial charge on any atom is 0.187 e. The smallest absolute Gasteiger partial charge is 0.187 e. The van der Waals surface area contributed by atoms with E-state index in [1.807, 2.05) is 0 Å². The number of hydrogen-bond acceptors (Lipinski definition) is 3. The molecule has 1 saturated carbocycles. The van der Waals surface area contributed by atoms with Crippen LogP contribution in [-0.2, 0) is 9.22 Å². The minimum atomic E-state index is -1.66. The first-order chi connectivity index (χ1) is 10.9. The van der Waals surface area contributed by atoms with Crippen LogP contribution in [0.15, 0.2) is 0 Å². The summed E-state index contributed by atoms with van der Waals surface area (Å²) in [5.74, 6) is 0.998. The number of hydrogen-bond donors (Lipinski definition) is 1. The van der Waals surface area contributed by atoms with Gasteiger partial charge in [-0.3, -0.25) is 4.79 Å². The number of rotatable bonds is 12. The third-order valence-corrected chi connectivity index (χ3v) is 7.73. The van der Waals surface area contributed by atoms with Crippen molar-refractivity contribution in [3.8, 4) is 0 Å². The van der Waals surface area contributed by atoms with Crippen LogP contribution in [0.5, 0.6) is 0 Å². The molecule has 4 heteroatoms. The number of aliphatic hydroxyl groups excluding tert-OH is 1. The van der Waals surface area contributed by atoms with Crippen molar-refractivity contribution in [1.29, 1.82) is 0 Å². The first-order valence-corrected chi connectivity index (χ1v) is 12.9. The Hall–Kier alpha value is -0.193. The molecule has 0 spiro atoms. The molecule has 0 saturated heterocycles. The summed E-state index contributed by atoms with van der Waals surface area (Å²) in [7, 11) is -1.66. The summed E-state index contributed by atoms with van der Waals surface area (Å²) in [5, 5.41) is 9.00. The van der Waals surface area contributed by atoms with Gasteiger partial charge >= 0.3 is 0 Å². The van der Waals surface area contributed by atoms with Crippen molar-refractivity contribution in [2.75, 3.05) is 6.61 Å². The first-order valence-electron chi connectivity index (χ1n) is 9.76. The fraction of sp³-hybridized carbons (Fsp3) is 0.947. The standard InChI is InChI=1S/C19H38O3Si/c1-5-7-11-17-16(12-9-10-13-20)18(21)15-19(17)22-23(3,4)14-8-6-2/h16-17,19-20H,5-15H2,1-4H3. The van der Waals surface area contributed by atoms with E-state index in [-0.39, 0.29) is 18.6 Å². The second-order valence-electron chi connectivity index (χ2n) is 7.82. The SMILES string of the molecule is CCCCC1C(O[Si](C)(C)CCCC)CC(=O)C1CCCCO. The van der Waals surface area contributed by atoms with Gasteiger partial charge in [-0.1, -0.05) is 46.0 Å². The Balaban J connectivity index is 2.69. The number of ketones is 1. The van der Waals surface area contributed by atoms with Gasteiger partial charge in [-0.25, -0.2) is 0 Å². The third-order valence-electron chi connectivity index (χ3n) is 5.23. The predicted octanol–water partition coefficient (Wildman–Crippen LogP) is 4.93. The van der Waals surface area contributed by atoms with E-state index >= 15 is 0 Å². The third kappa shape index (κ3) is 7.06. The Kier molecular flexibility index (Phi) is 9.63. The predicted molar refractivity (Wildman–Crippen MR) is 99.1 cm³/mol. The molecule has 0 bridgehead atoms. The fourth-order valence-corrected chi connectivity index (χ4v) is 6.28. The van der Waals surface area contributed by atoms with Gasteiger partial charge in [0.1, 0.15) is 5.78 Å². The molecule has 3 nitrogen and oxygen atoms in total. The lowest BCUT2D eigenvalue weighted by molar-refractivity contribution is -0.121. The van der Waals surface area contributed by atoms with Gasteiger partial charge in [-0.15, -0.1) is 0 Å². The van der Waals surface area contributed by atoms with Crippen LogP contribution in [-0.4, -0.2) is 31.9 Å². The van der Waals surface area contributed by atoms with Crippen LogP contribution in [0.3, 0.4) is 0 Å². The molecule has 1 N–H and O–H groups in total. The second kappa shape index (κ2) is 10.6. The minimum Gasteiger partial charge on any atom is -0.414 e. The number of unbranched alkanes of at least 4 members (excludes halogenated alkanes) is 3. The normalized spacial score (nSPS) is 25.3. The molecule has 0 aromatic rings. The Bertz CT molecular complexity index is 344. The summed E-state index contributed by atoms with van der Waals surface area (Å²) in [4.78, 5) is 12.5. The lowest BCUT2D eigenvalue weighted by atomic mass is 9.86. The molecule has 0 radical (unpaired) electrons. The highest BCUT2D eigenvalue weighted by molar-refractivity contribution is 6.71. The molecule has 3 atom stereocenters. The lowest BCUT2D eigenvalue weighted by Crippen LogP contribution is -2.37. The highest BCUT2D eigenvalue weighted by atomic mass is 28.4. The van der Waals surface area contributed by atoms with Crippen LogP contribution in [0.4, 0.5) is 0 Å². The Morgan fingerprint density at radius 1 is 1.09 bits per heavy atom. The molecule has 0 heterocycles.